The lowest BCUT2D eigenvalue weighted by atomic mass is 10.1. The molecule has 17 heavy (non-hydrogen) atoms. The van der Waals surface area contributed by atoms with Crippen LogP contribution >= 0.6 is 0 Å². The van der Waals surface area contributed by atoms with Crippen molar-refractivity contribution in [2.75, 3.05) is 11.4 Å². The molecule has 1 rings (SSSR count). The third kappa shape index (κ3) is 3.22. The molecule has 3 heteroatoms. The Balaban J connectivity index is 3.08. The summed E-state index contributed by atoms with van der Waals surface area (Å²) in [6.45, 7) is 6.78. The summed E-state index contributed by atoms with van der Waals surface area (Å²) in [5.74, 6) is -0.746. The van der Waals surface area contributed by atoms with Gasteiger partial charge < -0.3 is 10.0 Å². The second kappa shape index (κ2) is 6.28. The average molecular weight is 235 g/mol. The van der Waals surface area contributed by atoms with Gasteiger partial charge in [0.25, 0.3) is 0 Å². The van der Waals surface area contributed by atoms with E-state index in [0.29, 0.717) is 6.42 Å². The molecule has 0 amide bonds. The molecule has 0 aliphatic carbocycles. The van der Waals surface area contributed by atoms with Crippen LogP contribution in [0, 0.1) is 6.92 Å². The first-order valence-corrected chi connectivity index (χ1v) is 6.16. The van der Waals surface area contributed by atoms with E-state index in [1.807, 2.05) is 43.0 Å². The summed E-state index contributed by atoms with van der Waals surface area (Å²) in [5, 5.41) is 9.28. The molecule has 0 heterocycles. The van der Waals surface area contributed by atoms with Crippen LogP contribution in [-0.2, 0) is 4.79 Å². The number of hydrogen-bond donors (Lipinski definition) is 1. The Morgan fingerprint density at radius 1 is 1.35 bits per heavy atom. The number of carboxylic acids is 1. The second-order valence-corrected chi connectivity index (χ2v) is 4.24. The lowest BCUT2D eigenvalue weighted by Gasteiger charge is -2.31. The number of aliphatic carboxylic acids is 1. The molecule has 1 aromatic rings. The fourth-order valence-corrected chi connectivity index (χ4v) is 2.10. The van der Waals surface area contributed by atoms with Gasteiger partial charge in [0, 0.05) is 12.2 Å². The van der Waals surface area contributed by atoms with Crippen LogP contribution < -0.4 is 4.90 Å². The maximum atomic E-state index is 11.3. The van der Waals surface area contributed by atoms with E-state index < -0.39 is 12.0 Å². The quantitative estimate of drug-likeness (QED) is 0.823. The minimum Gasteiger partial charge on any atom is -0.480 e. The average Bonchev–Trinajstić information content (AvgIpc) is 2.29. The lowest BCUT2D eigenvalue weighted by molar-refractivity contribution is -0.138. The van der Waals surface area contributed by atoms with Gasteiger partial charge in [0.15, 0.2) is 0 Å². The molecule has 0 spiro atoms. The van der Waals surface area contributed by atoms with Gasteiger partial charge in [0.05, 0.1) is 0 Å². The van der Waals surface area contributed by atoms with Crippen LogP contribution in [0.2, 0.25) is 0 Å². The Morgan fingerprint density at radius 3 is 2.47 bits per heavy atom. The van der Waals surface area contributed by atoms with Crippen molar-refractivity contribution in [2.45, 2.75) is 39.7 Å². The van der Waals surface area contributed by atoms with Crippen molar-refractivity contribution in [1.29, 1.82) is 0 Å². The maximum Gasteiger partial charge on any atom is 0.326 e. The Morgan fingerprint density at radius 2 is 2.00 bits per heavy atom. The molecular weight excluding hydrogens is 214 g/mol. The van der Waals surface area contributed by atoms with Gasteiger partial charge in [-0.25, -0.2) is 4.79 Å². The molecule has 0 saturated carbocycles. The molecule has 0 saturated heterocycles. The first kappa shape index (κ1) is 13.6. The summed E-state index contributed by atoms with van der Waals surface area (Å²) in [7, 11) is 0. The molecule has 0 aliphatic rings. The van der Waals surface area contributed by atoms with Gasteiger partial charge in [-0.3, -0.25) is 0 Å². The Hall–Kier alpha value is -1.51. The van der Waals surface area contributed by atoms with Gasteiger partial charge >= 0.3 is 5.97 Å². The van der Waals surface area contributed by atoms with E-state index in [1.165, 1.54) is 0 Å². The third-order valence-electron chi connectivity index (χ3n) is 2.94. The van der Waals surface area contributed by atoms with E-state index >= 15 is 0 Å². The molecule has 0 bridgehead atoms. The first-order chi connectivity index (χ1) is 8.11. The minimum absolute atomic E-state index is 0.434. The van der Waals surface area contributed by atoms with Crippen LogP contribution in [0.25, 0.3) is 0 Å². The highest BCUT2D eigenvalue weighted by Gasteiger charge is 2.24. The standard InChI is InChI=1S/C14H21NO2/c1-4-10-15(12(5-2)14(16)17)13-9-7-6-8-11(13)3/h6-9,12H,4-5,10H2,1-3H3,(H,16,17)/t12-/m1/s1. The summed E-state index contributed by atoms with van der Waals surface area (Å²) >= 11 is 0. The van der Waals surface area contributed by atoms with E-state index in [9.17, 15) is 9.90 Å². The van der Waals surface area contributed by atoms with E-state index in [1.54, 1.807) is 0 Å². The molecule has 1 N–H and O–H groups in total. The zero-order valence-corrected chi connectivity index (χ0v) is 10.8. The van der Waals surface area contributed by atoms with Gasteiger partial charge in [-0.05, 0) is 31.4 Å². The van der Waals surface area contributed by atoms with Crippen molar-refractivity contribution >= 4 is 11.7 Å². The summed E-state index contributed by atoms with van der Waals surface area (Å²) in [6, 6.07) is 7.52. The zero-order chi connectivity index (χ0) is 12.8. The second-order valence-electron chi connectivity index (χ2n) is 4.24. The van der Waals surface area contributed by atoms with Crippen molar-refractivity contribution in [3.05, 3.63) is 29.8 Å². The normalized spacial score (nSPS) is 12.2. The highest BCUT2D eigenvalue weighted by molar-refractivity contribution is 5.78. The summed E-state index contributed by atoms with van der Waals surface area (Å²) in [5.41, 5.74) is 2.16. The highest BCUT2D eigenvalue weighted by atomic mass is 16.4. The van der Waals surface area contributed by atoms with Crippen LogP contribution in [0.1, 0.15) is 32.3 Å². The van der Waals surface area contributed by atoms with Crippen molar-refractivity contribution in [2.24, 2.45) is 0 Å². The summed E-state index contributed by atoms with van der Waals surface area (Å²) in [6.07, 6.45) is 1.56. The third-order valence-corrected chi connectivity index (χ3v) is 2.94. The largest absolute Gasteiger partial charge is 0.480 e. The zero-order valence-electron chi connectivity index (χ0n) is 10.8. The van der Waals surface area contributed by atoms with Gasteiger partial charge in [-0.15, -0.1) is 0 Å². The molecule has 0 aliphatic heterocycles. The van der Waals surface area contributed by atoms with Crippen LogP contribution in [0.5, 0.6) is 0 Å². The molecule has 1 aromatic carbocycles. The number of carbonyl (C=O) groups is 1. The number of benzene rings is 1. The Kier molecular flexibility index (Phi) is 5.01. The molecular formula is C14H21NO2. The fourth-order valence-electron chi connectivity index (χ4n) is 2.10. The molecule has 0 radical (unpaired) electrons. The molecule has 3 nitrogen and oxygen atoms in total. The first-order valence-electron chi connectivity index (χ1n) is 6.16. The number of aryl methyl sites for hydroxylation is 1. The Labute approximate surface area is 103 Å². The van der Waals surface area contributed by atoms with Crippen LogP contribution in [0.4, 0.5) is 5.69 Å². The predicted octanol–water partition coefficient (Wildman–Crippen LogP) is 3.07. The monoisotopic (exact) mass is 235 g/mol. The minimum atomic E-state index is -0.746. The van der Waals surface area contributed by atoms with Crippen LogP contribution in [-0.4, -0.2) is 23.7 Å². The fraction of sp³-hybridized carbons (Fsp3) is 0.500. The van der Waals surface area contributed by atoms with E-state index in [2.05, 4.69) is 6.92 Å². The molecule has 0 unspecified atom stereocenters. The lowest BCUT2D eigenvalue weighted by Crippen LogP contribution is -2.41. The topological polar surface area (TPSA) is 40.5 Å². The van der Waals surface area contributed by atoms with Crippen LogP contribution in [0.3, 0.4) is 0 Å². The van der Waals surface area contributed by atoms with Crippen molar-refractivity contribution < 1.29 is 9.90 Å². The van der Waals surface area contributed by atoms with Crippen molar-refractivity contribution in [1.82, 2.24) is 0 Å². The summed E-state index contributed by atoms with van der Waals surface area (Å²) in [4.78, 5) is 13.3. The van der Waals surface area contributed by atoms with E-state index in [-0.39, 0.29) is 0 Å². The van der Waals surface area contributed by atoms with E-state index in [4.69, 9.17) is 0 Å². The highest BCUT2D eigenvalue weighted by Crippen LogP contribution is 2.23. The van der Waals surface area contributed by atoms with Gasteiger partial charge in [0.2, 0.25) is 0 Å². The number of rotatable bonds is 6. The van der Waals surface area contributed by atoms with Crippen molar-refractivity contribution in [3.63, 3.8) is 0 Å². The number of hydrogen-bond acceptors (Lipinski definition) is 2. The van der Waals surface area contributed by atoms with Gasteiger partial charge in [0.1, 0.15) is 6.04 Å². The maximum absolute atomic E-state index is 11.3. The number of para-hydroxylation sites is 1. The predicted molar refractivity (Wildman–Crippen MR) is 70.5 cm³/mol. The molecule has 94 valence electrons. The van der Waals surface area contributed by atoms with E-state index in [0.717, 1.165) is 24.2 Å². The number of nitrogens with zero attached hydrogens (tertiary/aromatic N) is 1. The SMILES string of the molecule is CCCN(c1ccccc1C)[C@H](CC)C(=O)O. The molecule has 0 aromatic heterocycles. The van der Waals surface area contributed by atoms with Crippen LogP contribution in [0.15, 0.2) is 24.3 Å². The van der Waals surface area contributed by atoms with Crippen molar-refractivity contribution in [3.8, 4) is 0 Å². The summed E-state index contributed by atoms with van der Waals surface area (Å²) < 4.78 is 0. The smallest absolute Gasteiger partial charge is 0.326 e. The van der Waals surface area contributed by atoms with Gasteiger partial charge in [-0.1, -0.05) is 32.0 Å². The van der Waals surface area contributed by atoms with Gasteiger partial charge in [-0.2, -0.15) is 0 Å². The number of anilines is 1. The molecule has 0 fully saturated rings. The molecule has 1 atom stereocenters. The Bertz CT molecular complexity index is 376. The number of carboxylic acid groups (broad SMARTS) is 1.